The highest BCUT2D eigenvalue weighted by Gasteiger charge is 2.72. The first kappa shape index (κ1) is 15.1. The van der Waals surface area contributed by atoms with Crippen molar-refractivity contribution in [2.45, 2.75) is 44.6 Å². The van der Waals surface area contributed by atoms with Gasteiger partial charge in [0.2, 0.25) is 11.8 Å². The molecule has 1 saturated heterocycles. The monoisotopic (exact) mass is 324 g/mol. The third-order valence-corrected chi connectivity index (χ3v) is 5.20. The molecule has 2 aliphatic rings. The predicted octanol–water partition coefficient (Wildman–Crippen LogP) is 2.80. The van der Waals surface area contributed by atoms with E-state index in [0.29, 0.717) is 12.1 Å². The van der Waals surface area contributed by atoms with Crippen LogP contribution in [-0.2, 0) is 27.0 Å². The predicted molar refractivity (Wildman–Crippen MR) is 87.0 cm³/mol. The van der Waals surface area contributed by atoms with Crippen LogP contribution in [0.5, 0.6) is 0 Å². The van der Waals surface area contributed by atoms with Gasteiger partial charge in [0, 0.05) is 5.56 Å². The van der Waals surface area contributed by atoms with E-state index in [4.69, 9.17) is 4.52 Å². The van der Waals surface area contributed by atoms with Crippen LogP contribution in [0, 0.1) is 5.92 Å². The van der Waals surface area contributed by atoms with Crippen LogP contribution >= 0.6 is 0 Å². The van der Waals surface area contributed by atoms with E-state index < -0.39 is 5.41 Å². The number of amides is 2. The minimum atomic E-state index is -0.649. The van der Waals surface area contributed by atoms with Crippen LogP contribution in [0.15, 0.2) is 41.1 Å². The number of fused-ring (bicyclic) bond motifs is 1. The van der Waals surface area contributed by atoms with Crippen LogP contribution in [0.4, 0.5) is 0 Å². The Kier molecular flexibility index (Phi) is 3.02. The summed E-state index contributed by atoms with van der Waals surface area (Å²) in [6.07, 6.45) is 2.23. The van der Waals surface area contributed by atoms with Gasteiger partial charge >= 0.3 is 0 Å². The zero-order valence-corrected chi connectivity index (χ0v) is 14.1. The third-order valence-electron chi connectivity index (χ3n) is 5.20. The van der Waals surface area contributed by atoms with Crippen molar-refractivity contribution in [3.8, 4) is 0 Å². The summed E-state index contributed by atoms with van der Waals surface area (Å²) >= 11 is 0. The summed E-state index contributed by atoms with van der Waals surface area (Å²) in [5.41, 5.74) is 1.73. The van der Waals surface area contributed by atoms with Crippen molar-refractivity contribution in [2.75, 3.05) is 0 Å². The first-order valence-electron chi connectivity index (χ1n) is 8.21. The summed E-state index contributed by atoms with van der Waals surface area (Å²) in [6.45, 7) is 6.35. The van der Waals surface area contributed by atoms with Gasteiger partial charge in [-0.25, -0.2) is 0 Å². The van der Waals surface area contributed by atoms with Gasteiger partial charge in [0.1, 0.15) is 12.0 Å². The first-order valence-corrected chi connectivity index (χ1v) is 8.21. The topological polar surface area (TPSA) is 63.4 Å². The number of benzene rings is 1. The van der Waals surface area contributed by atoms with Crippen LogP contribution in [0.2, 0.25) is 0 Å². The molecule has 1 aromatic heterocycles. The van der Waals surface area contributed by atoms with E-state index in [-0.39, 0.29) is 29.7 Å². The third kappa shape index (κ3) is 1.97. The Bertz CT molecular complexity index is 819. The molecule has 0 radical (unpaired) electrons. The molecule has 2 heterocycles. The second-order valence-electron chi connectivity index (χ2n) is 7.75. The average molecular weight is 324 g/mol. The van der Waals surface area contributed by atoms with Gasteiger partial charge in [-0.2, -0.15) is 0 Å². The molecule has 4 rings (SSSR count). The number of carbonyl (C=O) groups excluding carboxylic acids is 2. The second kappa shape index (κ2) is 4.79. The Morgan fingerprint density at radius 2 is 1.96 bits per heavy atom. The lowest BCUT2D eigenvalue weighted by atomic mass is 9.87. The van der Waals surface area contributed by atoms with Crippen molar-refractivity contribution in [3.05, 3.63) is 53.4 Å². The van der Waals surface area contributed by atoms with Gasteiger partial charge < -0.3 is 4.52 Å². The molecule has 124 valence electrons. The number of piperidine rings is 1. The molecule has 24 heavy (non-hydrogen) atoms. The summed E-state index contributed by atoms with van der Waals surface area (Å²) < 4.78 is 5.10. The molecule has 0 N–H and O–H groups in total. The standard InChI is InChI=1S/C19H20N2O3/c1-18(2,3)14-11-24-20-15(14)10-21-16(22)13-9-19(13,17(21)23)12-7-5-4-6-8-12/h4-8,11,13H,9-10H2,1-3H3/t13-,19+/m0/s1. The molecule has 2 amide bonds. The average Bonchev–Trinajstić information content (AvgIpc) is 3.06. The minimum absolute atomic E-state index is 0.0910. The molecule has 2 atom stereocenters. The van der Waals surface area contributed by atoms with E-state index in [9.17, 15) is 9.59 Å². The van der Waals surface area contributed by atoms with Crippen molar-refractivity contribution in [1.29, 1.82) is 0 Å². The molecule has 5 nitrogen and oxygen atoms in total. The Labute approximate surface area is 140 Å². The maximum absolute atomic E-state index is 13.0. The van der Waals surface area contributed by atoms with Crippen molar-refractivity contribution >= 4 is 11.8 Å². The molecule has 1 saturated carbocycles. The molecule has 1 aliphatic carbocycles. The fourth-order valence-electron chi connectivity index (χ4n) is 3.79. The molecule has 0 unspecified atom stereocenters. The Balaban J connectivity index is 1.65. The Morgan fingerprint density at radius 3 is 2.62 bits per heavy atom. The molecule has 0 bridgehead atoms. The van der Waals surface area contributed by atoms with Crippen LogP contribution < -0.4 is 0 Å². The van der Waals surface area contributed by atoms with E-state index in [1.165, 1.54) is 4.90 Å². The largest absolute Gasteiger partial charge is 0.364 e. The lowest BCUT2D eigenvalue weighted by molar-refractivity contribution is -0.142. The SMILES string of the molecule is CC(C)(C)c1conc1CN1C(=O)[C@@H]2C[C@]2(c2ccccc2)C1=O. The fourth-order valence-corrected chi connectivity index (χ4v) is 3.79. The van der Waals surface area contributed by atoms with Crippen LogP contribution in [-0.4, -0.2) is 21.9 Å². The summed E-state index contributed by atoms with van der Waals surface area (Å²) in [6, 6.07) is 9.61. The second-order valence-corrected chi connectivity index (χ2v) is 7.75. The van der Waals surface area contributed by atoms with Gasteiger partial charge in [0.15, 0.2) is 0 Å². The number of nitrogens with zero attached hydrogens (tertiary/aromatic N) is 2. The van der Waals surface area contributed by atoms with Crippen LogP contribution in [0.1, 0.15) is 44.0 Å². The summed E-state index contributed by atoms with van der Waals surface area (Å²) in [5.74, 6) is -0.421. The van der Waals surface area contributed by atoms with Gasteiger partial charge in [0.25, 0.3) is 0 Å². The maximum atomic E-state index is 13.0. The minimum Gasteiger partial charge on any atom is -0.364 e. The van der Waals surface area contributed by atoms with Crippen LogP contribution in [0.25, 0.3) is 0 Å². The fraction of sp³-hybridized carbons (Fsp3) is 0.421. The highest BCUT2D eigenvalue weighted by Crippen LogP contribution is 2.60. The molecule has 2 fully saturated rings. The van der Waals surface area contributed by atoms with Gasteiger partial charge in [-0.3, -0.25) is 14.5 Å². The molecule has 1 aromatic carbocycles. The van der Waals surface area contributed by atoms with E-state index in [2.05, 4.69) is 25.9 Å². The summed E-state index contributed by atoms with van der Waals surface area (Å²) in [5, 5.41) is 4.03. The molecule has 0 spiro atoms. The van der Waals surface area contributed by atoms with Crippen molar-refractivity contribution < 1.29 is 14.1 Å². The van der Waals surface area contributed by atoms with Gasteiger partial charge in [-0.15, -0.1) is 0 Å². The Morgan fingerprint density at radius 1 is 1.25 bits per heavy atom. The van der Waals surface area contributed by atoms with E-state index in [1.54, 1.807) is 6.26 Å². The molecular weight excluding hydrogens is 304 g/mol. The normalized spacial score (nSPS) is 26.0. The van der Waals surface area contributed by atoms with Gasteiger partial charge in [0.05, 0.1) is 17.9 Å². The highest BCUT2D eigenvalue weighted by molar-refractivity contribution is 6.14. The number of carbonyl (C=O) groups is 2. The van der Waals surface area contributed by atoms with E-state index in [1.807, 2.05) is 30.3 Å². The first-order chi connectivity index (χ1) is 11.4. The molecule has 2 aromatic rings. The number of imide groups is 1. The number of hydrogen-bond acceptors (Lipinski definition) is 4. The quantitative estimate of drug-likeness (QED) is 0.815. The summed E-state index contributed by atoms with van der Waals surface area (Å²) in [4.78, 5) is 27.0. The highest BCUT2D eigenvalue weighted by atomic mass is 16.5. The Hall–Kier alpha value is -2.43. The molecule has 5 heteroatoms. The zero-order chi connectivity index (χ0) is 17.1. The smallest absolute Gasteiger partial charge is 0.241 e. The van der Waals surface area contributed by atoms with E-state index in [0.717, 1.165) is 11.1 Å². The number of likely N-dealkylation sites (tertiary alicyclic amines) is 1. The lowest BCUT2D eigenvalue weighted by Crippen LogP contribution is -2.36. The maximum Gasteiger partial charge on any atom is 0.241 e. The molecular formula is C19H20N2O3. The van der Waals surface area contributed by atoms with Crippen molar-refractivity contribution in [3.63, 3.8) is 0 Å². The number of hydrogen-bond donors (Lipinski definition) is 0. The zero-order valence-electron chi connectivity index (χ0n) is 14.1. The summed E-state index contributed by atoms with van der Waals surface area (Å²) in [7, 11) is 0. The van der Waals surface area contributed by atoms with Gasteiger partial charge in [-0.05, 0) is 17.4 Å². The van der Waals surface area contributed by atoms with Crippen molar-refractivity contribution in [2.24, 2.45) is 5.92 Å². The van der Waals surface area contributed by atoms with E-state index >= 15 is 0 Å². The molecule has 1 aliphatic heterocycles. The lowest BCUT2D eigenvalue weighted by Gasteiger charge is -2.22. The van der Waals surface area contributed by atoms with Crippen molar-refractivity contribution in [1.82, 2.24) is 10.1 Å². The van der Waals surface area contributed by atoms with Gasteiger partial charge in [-0.1, -0.05) is 56.3 Å². The number of rotatable bonds is 3. The van der Waals surface area contributed by atoms with Crippen LogP contribution in [0.3, 0.4) is 0 Å². The number of aromatic nitrogens is 1.